The Morgan fingerprint density at radius 2 is 2.40 bits per heavy atom. The van der Waals surface area contributed by atoms with Crippen molar-refractivity contribution in [2.75, 3.05) is 0 Å². The van der Waals surface area contributed by atoms with Crippen molar-refractivity contribution in [2.24, 2.45) is 0 Å². The fourth-order valence-corrected chi connectivity index (χ4v) is 0.705. The van der Waals surface area contributed by atoms with E-state index in [1.165, 1.54) is 12.5 Å². The molecule has 3 heteroatoms. The summed E-state index contributed by atoms with van der Waals surface area (Å²) in [4.78, 5) is 3.90. The SMILES string of the molecule is [c]1occc1-c1ncco1. The summed E-state index contributed by atoms with van der Waals surface area (Å²) in [7, 11) is 0. The third kappa shape index (κ3) is 0.719. The zero-order valence-corrected chi connectivity index (χ0v) is 5.07. The topological polar surface area (TPSA) is 39.2 Å². The first-order valence-corrected chi connectivity index (χ1v) is 2.82. The van der Waals surface area contributed by atoms with Gasteiger partial charge in [0, 0.05) is 0 Å². The van der Waals surface area contributed by atoms with Gasteiger partial charge in [0.2, 0.25) is 5.89 Å². The van der Waals surface area contributed by atoms with E-state index in [9.17, 15) is 0 Å². The van der Waals surface area contributed by atoms with Crippen molar-refractivity contribution in [1.82, 2.24) is 4.98 Å². The lowest BCUT2D eigenvalue weighted by atomic mass is 10.3. The zero-order chi connectivity index (χ0) is 6.81. The van der Waals surface area contributed by atoms with Crippen molar-refractivity contribution >= 4 is 0 Å². The molecule has 0 N–H and O–H groups in total. The number of hydrogen-bond acceptors (Lipinski definition) is 3. The highest BCUT2D eigenvalue weighted by Crippen LogP contribution is 2.15. The van der Waals surface area contributed by atoms with E-state index in [-0.39, 0.29) is 0 Å². The van der Waals surface area contributed by atoms with E-state index in [1.54, 1.807) is 12.3 Å². The summed E-state index contributed by atoms with van der Waals surface area (Å²) in [5, 5.41) is 0. The van der Waals surface area contributed by atoms with Crippen molar-refractivity contribution in [2.45, 2.75) is 0 Å². The van der Waals surface area contributed by atoms with E-state index in [4.69, 9.17) is 8.83 Å². The second kappa shape index (κ2) is 2.02. The van der Waals surface area contributed by atoms with E-state index in [0.29, 0.717) is 5.89 Å². The largest absolute Gasteiger partial charge is 0.460 e. The summed E-state index contributed by atoms with van der Waals surface area (Å²) in [6.45, 7) is 0. The quantitative estimate of drug-likeness (QED) is 0.596. The highest BCUT2D eigenvalue weighted by atomic mass is 16.3. The van der Waals surface area contributed by atoms with E-state index < -0.39 is 0 Å². The van der Waals surface area contributed by atoms with Crippen molar-refractivity contribution < 1.29 is 8.83 Å². The molecule has 2 aromatic heterocycles. The smallest absolute Gasteiger partial charge is 0.229 e. The number of aromatic nitrogens is 1. The molecule has 0 aromatic carbocycles. The molecule has 0 aliphatic rings. The molecule has 0 atom stereocenters. The second-order valence-electron chi connectivity index (χ2n) is 1.77. The standard InChI is InChI=1S/C7H4NO2/c1-3-9-5-6(1)7-8-2-4-10-7/h1-4H. The molecule has 0 fully saturated rings. The monoisotopic (exact) mass is 134 g/mol. The summed E-state index contributed by atoms with van der Waals surface area (Å²) in [5.74, 6) is 0.536. The normalized spacial score (nSPS) is 10.0. The first-order valence-electron chi connectivity index (χ1n) is 2.82. The molecule has 10 heavy (non-hydrogen) atoms. The lowest BCUT2D eigenvalue weighted by Crippen LogP contribution is -1.68. The molecule has 0 aliphatic carbocycles. The van der Waals surface area contributed by atoms with Crippen LogP contribution in [0.15, 0.2) is 33.6 Å². The molecular weight excluding hydrogens is 130 g/mol. The molecule has 0 aliphatic heterocycles. The lowest BCUT2D eigenvalue weighted by Gasteiger charge is -1.81. The predicted octanol–water partition coefficient (Wildman–Crippen LogP) is 1.73. The summed E-state index contributed by atoms with van der Waals surface area (Å²) >= 11 is 0. The summed E-state index contributed by atoms with van der Waals surface area (Å²) < 4.78 is 9.69. The van der Waals surface area contributed by atoms with Crippen LogP contribution in [0.5, 0.6) is 0 Å². The van der Waals surface area contributed by atoms with E-state index in [2.05, 4.69) is 11.2 Å². The van der Waals surface area contributed by atoms with Gasteiger partial charge in [-0.15, -0.1) is 0 Å². The summed E-state index contributed by atoms with van der Waals surface area (Å²) in [6.07, 6.45) is 7.23. The highest BCUT2D eigenvalue weighted by Gasteiger charge is 2.01. The molecule has 0 bridgehead atoms. The van der Waals surface area contributed by atoms with Crippen LogP contribution < -0.4 is 0 Å². The molecule has 2 heterocycles. The van der Waals surface area contributed by atoms with Crippen molar-refractivity contribution in [1.29, 1.82) is 0 Å². The average molecular weight is 134 g/mol. The van der Waals surface area contributed by atoms with Gasteiger partial charge in [0.25, 0.3) is 0 Å². The number of hydrogen-bond donors (Lipinski definition) is 0. The minimum absolute atomic E-state index is 0.536. The van der Waals surface area contributed by atoms with Gasteiger partial charge in [0.1, 0.15) is 6.26 Å². The minimum Gasteiger partial charge on any atom is -0.460 e. The van der Waals surface area contributed by atoms with Gasteiger partial charge in [-0.2, -0.15) is 0 Å². The Morgan fingerprint density at radius 1 is 1.40 bits per heavy atom. The van der Waals surface area contributed by atoms with Gasteiger partial charge in [0.15, 0.2) is 6.26 Å². The molecule has 0 saturated carbocycles. The zero-order valence-electron chi connectivity index (χ0n) is 5.07. The molecule has 0 spiro atoms. The number of oxazole rings is 1. The number of rotatable bonds is 1. The van der Waals surface area contributed by atoms with Crippen LogP contribution in [-0.2, 0) is 0 Å². The van der Waals surface area contributed by atoms with Crippen LogP contribution in [0.2, 0.25) is 0 Å². The Hall–Kier alpha value is -1.51. The number of nitrogens with zero attached hydrogens (tertiary/aromatic N) is 1. The van der Waals surface area contributed by atoms with Gasteiger partial charge >= 0.3 is 0 Å². The highest BCUT2D eigenvalue weighted by molar-refractivity contribution is 5.48. The maximum Gasteiger partial charge on any atom is 0.229 e. The maximum atomic E-state index is 4.98. The molecule has 0 amide bonds. The van der Waals surface area contributed by atoms with Crippen LogP contribution >= 0.6 is 0 Å². The number of furan rings is 1. The van der Waals surface area contributed by atoms with E-state index in [0.717, 1.165) is 5.56 Å². The Kier molecular flexibility index (Phi) is 1.07. The summed E-state index contributed by atoms with van der Waals surface area (Å²) in [5.41, 5.74) is 0.741. The van der Waals surface area contributed by atoms with Gasteiger partial charge in [-0.3, -0.25) is 0 Å². The summed E-state index contributed by atoms with van der Waals surface area (Å²) in [6, 6.07) is 1.74. The van der Waals surface area contributed by atoms with Crippen LogP contribution in [0.4, 0.5) is 0 Å². The maximum absolute atomic E-state index is 4.98. The van der Waals surface area contributed by atoms with Gasteiger partial charge < -0.3 is 8.83 Å². The molecule has 3 nitrogen and oxygen atoms in total. The van der Waals surface area contributed by atoms with Gasteiger partial charge in [-0.05, 0) is 6.07 Å². The van der Waals surface area contributed by atoms with Crippen LogP contribution in [0.3, 0.4) is 0 Å². The molecule has 2 rings (SSSR count). The molecule has 0 unspecified atom stereocenters. The first-order chi connectivity index (χ1) is 4.97. The molecule has 49 valence electrons. The Bertz CT molecular complexity index is 251. The Labute approximate surface area is 57.3 Å². The van der Waals surface area contributed by atoms with Gasteiger partial charge in [-0.1, -0.05) is 0 Å². The van der Waals surface area contributed by atoms with Gasteiger partial charge in [0.05, 0.1) is 18.0 Å². The lowest BCUT2D eigenvalue weighted by molar-refractivity contribution is 0.550. The fourth-order valence-electron chi connectivity index (χ4n) is 0.705. The molecular formula is C7H4NO2. The van der Waals surface area contributed by atoms with E-state index in [1.807, 2.05) is 0 Å². The van der Waals surface area contributed by atoms with Crippen molar-refractivity contribution in [3.8, 4) is 11.5 Å². The first kappa shape index (κ1) is 5.29. The fraction of sp³-hybridized carbons (Fsp3) is 0. The minimum atomic E-state index is 0.536. The van der Waals surface area contributed by atoms with Crippen LogP contribution in [0, 0.1) is 6.26 Å². The van der Waals surface area contributed by atoms with Crippen LogP contribution in [0.25, 0.3) is 11.5 Å². The third-order valence-corrected chi connectivity index (χ3v) is 1.13. The van der Waals surface area contributed by atoms with E-state index >= 15 is 0 Å². The van der Waals surface area contributed by atoms with Crippen LogP contribution in [0.1, 0.15) is 0 Å². The molecule has 2 aromatic rings. The second-order valence-corrected chi connectivity index (χ2v) is 1.77. The Morgan fingerprint density at radius 3 is 3.00 bits per heavy atom. The predicted molar refractivity (Wildman–Crippen MR) is 33.0 cm³/mol. The van der Waals surface area contributed by atoms with Gasteiger partial charge in [-0.25, -0.2) is 4.98 Å². The third-order valence-electron chi connectivity index (χ3n) is 1.13. The molecule has 0 saturated heterocycles. The average Bonchev–Trinajstić information content (AvgIpc) is 2.59. The van der Waals surface area contributed by atoms with Crippen molar-refractivity contribution in [3.05, 3.63) is 31.1 Å². The van der Waals surface area contributed by atoms with Crippen LogP contribution in [-0.4, -0.2) is 4.98 Å². The Balaban J connectivity index is 2.48. The van der Waals surface area contributed by atoms with Crippen molar-refractivity contribution in [3.63, 3.8) is 0 Å². The molecule has 1 radical (unpaired) electrons.